The first-order valence-corrected chi connectivity index (χ1v) is 8.37. The number of aromatic nitrogens is 3. The highest BCUT2D eigenvalue weighted by Gasteiger charge is 2.38. The van der Waals surface area contributed by atoms with E-state index < -0.39 is 0 Å². The highest BCUT2D eigenvalue weighted by Crippen LogP contribution is 2.37. The molecule has 2 aromatic rings. The lowest BCUT2D eigenvalue weighted by Gasteiger charge is -2.39. The van der Waals surface area contributed by atoms with Gasteiger partial charge in [-0.25, -0.2) is 4.98 Å². The van der Waals surface area contributed by atoms with Crippen LogP contribution in [0.1, 0.15) is 35.3 Å². The molecule has 0 aromatic carbocycles. The Morgan fingerprint density at radius 3 is 2.78 bits per heavy atom. The van der Waals surface area contributed by atoms with Crippen LogP contribution in [0.25, 0.3) is 11.0 Å². The number of carbonyl (C=O) groups is 1. The van der Waals surface area contributed by atoms with Gasteiger partial charge in [0.1, 0.15) is 0 Å². The smallest absolute Gasteiger partial charge is 0.254 e. The van der Waals surface area contributed by atoms with Crippen LogP contribution in [0.5, 0.6) is 0 Å². The zero-order valence-corrected chi connectivity index (χ0v) is 13.8. The van der Waals surface area contributed by atoms with Gasteiger partial charge in [0.05, 0.1) is 17.1 Å². The van der Waals surface area contributed by atoms with Crippen molar-refractivity contribution in [3.8, 4) is 0 Å². The van der Waals surface area contributed by atoms with E-state index in [1.54, 1.807) is 10.9 Å². The highest BCUT2D eigenvalue weighted by molar-refractivity contribution is 6.05. The number of amides is 1. The summed E-state index contributed by atoms with van der Waals surface area (Å²) in [6.45, 7) is 5.86. The molecule has 1 amide bonds. The van der Waals surface area contributed by atoms with Gasteiger partial charge in [0, 0.05) is 32.4 Å². The van der Waals surface area contributed by atoms with E-state index in [4.69, 9.17) is 0 Å². The van der Waals surface area contributed by atoms with E-state index >= 15 is 0 Å². The molecule has 6 nitrogen and oxygen atoms in total. The standard InChI is InChI=1S/C17H23N5O/c1-12-9-13(14-10-19-21(2)15(14)20-12)16(23)22-7-4-17(5-8-22)3-6-18-11-17/h9-10,18H,3-8,11H2,1-2H3. The van der Waals surface area contributed by atoms with Gasteiger partial charge in [-0.05, 0) is 44.2 Å². The van der Waals surface area contributed by atoms with Crippen molar-refractivity contribution in [1.82, 2.24) is 25.0 Å². The fraction of sp³-hybridized carbons (Fsp3) is 0.588. The lowest BCUT2D eigenvalue weighted by molar-refractivity contribution is 0.0609. The predicted octanol–water partition coefficient (Wildman–Crippen LogP) is 1.49. The zero-order valence-electron chi connectivity index (χ0n) is 13.8. The molecular weight excluding hydrogens is 290 g/mol. The SMILES string of the molecule is Cc1cc(C(=O)N2CCC3(CCNC3)CC2)c2cnn(C)c2n1. The maximum Gasteiger partial charge on any atom is 0.254 e. The summed E-state index contributed by atoms with van der Waals surface area (Å²) in [6, 6.07) is 1.90. The Kier molecular flexibility index (Phi) is 3.37. The average Bonchev–Trinajstić information content (AvgIpc) is 3.15. The van der Waals surface area contributed by atoms with E-state index in [0.29, 0.717) is 5.41 Å². The monoisotopic (exact) mass is 313 g/mol. The molecule has 4 heterocycles. The molecule has 2 aromatic heterocycles. The van der Waals surface area contributed by atoms with E-state index in [1.807, 2.05) is 24.9 Å². The maximum absolute atomic E-state index is 13.0. The maximum atomic E-state index is 13.0. The third-order valence-corrected chi connectivity index (χ3v) is 5.51. The van der Waals surface area contributed by atoms with Crippen LogP contribution in [0.3, 0.4) is 0 Å². The quantitative estimate of drug-likeness (QED) is 0.866. The number of hydrogen-bond donors (Lipinski definition) is 1. The van der Waals surface area contributed by atoms with E-state index in [9.17, 15) is 4.79 Å². The Balaban J connectivity index is 1.60. The van der Waals surface area contributed by atoms with Crippen LogP contribution in [0, 0.1) is 12.3 Å². The summed E-state index contributed by atoms with van der Waals surface area (Å²) < 4.78 is 1.73. The van der Waals surface area contributed by atoms with Gasteiger partial charge >= 0.3 is 0 Å². The van der Waals surface area contributed by atoms with Crippen LogP contribution in [0.2, 0.25) is 0 Å². The molecule has 23 heavy (non-hydrogen) atoms. The number of aryl methyl sites for hydroxylation is 2. The molecule has 2 aliphatic heterocycles. The first kappa shape index (κ1) is 14.6. The third kappa shape index (κ3) is 2.41. The highest BCUT2D eigenvalue weighted by atomic mass is 16.2. The molecule has 122 valence electrons. The number of carbonyl (C=O) groups excluding carboxylic acids is 1. The molecule has 0 unspecified atom stereocenters. The molecule has 0 aliphatic carbocycles. The van der Waals surface area contributed by atoms with Crippen molar-refractivity contribution in [3.05, 3.63) is 23.5 Å². The summed E-state index contributed by atoms with van der Waals surface area (Å²) in [5, 5.41) is 8.58. The van der Waals surface area contributed by atoms with Crippen molar-refractivity contribution in [3.63, 3.8) is 0 Å². The normalized spacial score (nSPS) is 20.5. The fourth-order valence-electron chi connectivity index (χ4n) is 3.99. The second-order valence-electron chi connectivity index (χ2n) is 7.04. The second-order valence-corrected chi connectivity index (χ2v) is 7.04. The van der Waals surface area contributed by atoms with Gasteiger partial charge in [-0.3, -0.25) is 9.48 Å². The molecule has 2 saturated heterocycles. The Hall–Kier alpha value is -1.95. The molecule has 6 heteroatoms. The number of likely N-dealkylation sites (tertiary alicyclic amines) is 1. The van der Waals surface area contributed by atoms with E-state index in [0.717, 1.165) is 61.3 Å². The Morgan fingerprint density at radius 2 is 2.09 bits per heavy atom. The molecule has 4 rings (SSSR count). The van der Waals surface area contributed by atoms with Crippen molar-refractivity contribution in [1.29, 1.82) is 0 Å². The zero-order chi connectivity index (χ0) is 16.0. The van der Waals surface area contributed by atoms with E-state index in [1.165, 1.54) is 6.42 Å². The van der Waals surface area contributed by atoms with Gasteiger partial charge in [0.25, 0.3) is 5.91 Å². The van der Waals surface area contributed by atoms with Crippen molar-refractivity contribution < 1.29 is 4.79 Å². The second kappa shape index (κ2) is 5.30. The lowest BCUT2D eigenvalue weighted by Crippen LogP contribution is -2.44. The number of rotatable bonds is 1. The van der Waals surface area contributed by atoms with Crippen molar-refractivity contribution in [2.24, 2.45) is 12.5 Å². The van der Waals surface area contributed by atoms with Gasteiger partial charge in [-0.1, -0.05) is 0 Å². The summed E-state index contributed by atoms with van der Waals surface area (Å²) in [7, 11) is 1.86. The number of nitrogens with one attached hydrogen (secondary N) is 1. The van der Waals surface area contributed by atoms with Gasteiger partial charge in [0.2, 0.25) is 0 Å². The first-order chi connectivity index (χ1) is 11.1. The van der Waals surface area contributed by atoms with Gasteiger partial charge in [0.15, 0.2) is 5.65 Å². The van der Waals surface area contributed by atoms with E-state index in [-0.39, 0.29) is 5.91 Å². The van der Waals surface area contributed by atoms with Crippen molar-refractivity contribution in [2.45, 2.75) is 26.2 Å². The summed E-state index contributed by atoms with van der Waals surface area (Å²) in [5.41, 5.74) is 2.80. The van der Waals surface area contributed by atoms with Crippen LogP contribution >= 0.6 is 0 Å². The predicted molar refractivity (Wildman–Crippen MR) is 88.3 cm³/mol. The van der Waals surface area contributed by atoms with Crippen LogP contribution in [0.15, 0.2) is 12.3 Å². The molecule has 2 aliphatic rings. The summed E-state index contributed by atoms with van der Waals surface area (Å²) in [5.74, 6) is 0.120. The number of piperidine rings is 1. The number of hydrogen-bond acceptors (Lipinski definition) is 4. The average molecular weight is 313 g/mol. The van der Waals surface area contributed by atoms with Crippen LogP contribution in [0.4, 0.5) is 0 Å². The lowest BCUT2D eigenvalue weighted by atomic mass is 9.78. The van der Waals surface area contributed by atoms with Crippen LogP contribution in [-0.4, -0.2) is 51.8 Å². The van der Waals surface area contributed by atoms with Crippen molar-refractivity contribution in [2.75, 3.05) is 26.2 Å². The Morgan fingerprint density at radius 1 is 1.30 bits per heavy atom. The molecular formula is C17H23N5O. The molecule has 0 atom stereocenters. The number of fused-ring (bicyclic) bond motifs is 1. The summed E-state index contributed by atoms with van der Waals surface area (Å²) in [6.07, 6.45) is 5.20. The molecule has 2 fully saturated rings. The molecule has 0 bridgehead atoms. The van der Waals surface area contributed by atoms with E-state index in [2.05, 4.69) is 15.4 Å². The summed E-state index contributed by atoms with van der Waals surface area (Å²) >= 11 is 0. The Bertz CT molecular complexity index is 750. The van der Waals surface area contributed by atoms with Gasteiger partial charge in [-0.2, -0.15) is 5.10 Å². The molecule has 1 N–H and O–H groups in total. The van der Waals surface area contributed by atoms with Gasteiger partial charge < -0.3 is 10.2 Å². The third-order valence-electron chi connectivity index (χ3n) is 5.51. The largest absolute Gasteiger partial charge is 0.339 e. The van der Waals surface area contributed by atoms with Crippen molar-refractivity contribution >= 4 is 16.9 Å². The van der Waals surface area contributed by atoms with Gasteiger partial charge in [-0.15, -0.1) is 0 Å². The minimum Gasteiger partial charge on any atom is -0.339 e. The fourth-order valence-corrected chi connectivity index (χ4v) is 3.99. The Labute approximate surface area is 135 Å². The minimum absolute atomic E-state index is 0.120. The minimum atomic E-state index is 0.120. The first-order valence-electron chi connectivity index (χ1n) is 8.37. The molecule has 0 radical (unpaired) electrons. The summed E-state index contributed by atoms with van der Waals surface area (Å²) in [4.78, 5) is 19.5. The molecule has 1 spiro atoms. The molecule has 0 saturated carbocycles. The van der Waals surface area contributed by atoms with Crippen LogP contribution in [-0.2, 0) is 7.05 Å². The van der Waals surface area contributed by atoms with Crippen LogP contribution < -0.4 is 5.32 Å². The topological polar surface area (TPSA) is 63.1 Å². The number of pyridine rings is 1. The number of nitrogens with zero attached hydrogens (tertiary/aromatic N) is 4.